The Labute approximate surface area is 132 Å². The molecule has 5 heteroatoms. The van der Waals surface area contributed by atoms with E-state index in [0.717, 1.165) is 15.6 Å². The molecule has 0 aliphatic heterocycles. The molecule has 1 amide bonds. The molecule has 110 valence electrons. The summed E-state index contributed by atoms with van der Waals surface area (Å²) >= 11 is 3.41. The van der Waals surface area contributed by atoms with Gasteiger partial charge in [-0.1, -0.05) is 46.3 Å². The largest absolute Gasteiger partial charge is 0.484 e. The van der Waals surface area contributed by atoms with E-state index in [4.69, 9.17) is 10.5 Å². The number of carbonyl (C=O) groups is 1. The zero-order valence-corrected chi connectivity index (χ0v) is 13.1. The number of amides is 1. The predicted octanol–water partition coefficient (Wildman–Crippen LogP) is 2.60. The molecule has 2 aromatic carbocycles. The first-order chi connectivity index (χ1) is 10.2. The lowest BCUT2D eigenvalue weighted by molar-refractivity contribution is -0.123. The Morgan fingerprint density at radius 2 is 1.95 bits per heavy atom. The first kappa shape index (κ1) is 15.5. The van der Waals surface area contributed by atoms with Crippen molar-refractivity contribution in [3.8, 4) is 5.75 Å². The zero-order valence-electron chi connectivity index (χ0n) is 11.5. The number of halogens is 1. The van der Waals surface area contributed by atoms with E-state index >= 15 is 0 Å². The number of nitrogens with two attached hydrogens (primary N) is 1. The number of hydrogen-bond acceptors (Lipinski definition) is 3. The molecule has 0 aliphatic carbocycles. The summed E-state index contributed by atoms with van der Waals surface area (Å²) in [5.41, 5.74) is 7.62. The van der Waals surface area contributed by atoms with E-state index < -0.39 is 0 Å². The number of ether oxygens (including phenoxy) is 1. The minimum Gasteiger partial charge on any atom is -0.484 e. The van der Waals surface area contributed by atoms with Gasteiger partial charge in [0.1, 0.15) is 5.75 Å². The molecular weight excluding hydrogens is 332 g/mol. The summed E-state index contributed by atoms with van der Waals surface area (Å²) in [7, 11) is 0. The van der Waals surface area contributed by atoms with Crippen LogP contribution in [0, 0.1) is 0 Å². The van der Waals surface area contributed by atoms with Crippen molar-refractivity contribution in [2.75, 3.05) is 6.61 Å². The van der Waals surface area contributed by atoms with Crippen molar-refractivity contribution < 1.29 is 9.53 Å². The van der Waals surface area contributed by atoms with E-state index in [0.29, 0.717) is 18.8 Å². The number of nitrogens with one attached hydrogen (secondary N) is 1. The van der Waals surface area contributed by atoms with Crippen molar-refractivity contribution in [3.63, 3.8) is 0 Å². The third-order valence-electron chi connectivity index (χ3n) is 2.94. The Kier molecular flexibility index (Phi) is 5.78. The number of rotatable bonds is 6. The average Bonchev–Trinajstić information content (AvgIpc) is 2.53. The van der Waals surface area contributed by atoms with Crippen LogP contribution in [0.15, 0.2) is 53.0 Å². The maximum atomic E-state index is 11.7. The Morgan fingerprint density at radius 3 is 2.67 bits per heavy atom. The highest BCUT2D eigenvalue weighted by molar-refractivity contribution is 9.10. The minimum atomic E-state index is -0.156. The summed E-state index contributed by atoms with van der Waals surface area (Å²) in [5.74, 6) is 0.476. The van der Waals surface area contributed by atoms with Gasteiger partial charge in [0.15, 0.2) is 6.61 Å². The molecule has 0 fully saturated rings. The Hall–Kier alpha value is -1.85. The van der Waals surface area contributed by atoms with Crippen LogP contribution in [0.25, 0.3) is 0 Å². The standard InChI is InChI=1S/C16H17BrN2O2/c17-15-7-6-14(8-13(15)9-18)21-11-16(20)19-10-12-4-2-1-3-5-12/h1-8H,9-11,18H2,(H,19,20). The van der Waals surface area contributed by atoms with Crippen LogP contribution in [0.3, 0.4) is 0 Å². The fourth-order valence-electron chi connectivity index (χ4n) is 1.79. The van der Waals surface area contributed by atoms with Gasteiger partial charge >= 0.3 is 0 Å². The van der Waals surface area contributed by atoms with Gasteiger partial charge in [-0.05, 0) is 29.3 Å². The van der Waals surface area contributed by atoms with E-state index in [1.807, 2.05) is 42.5 Å². The van der Waals surface area contributed by atoms with E-state index in [1.54, 1.807) is 6.07 Å². The van der Waals surface area contributed by atoms with Crippen molar-refractivity contribution in [3.05, 3.63) is 64.1 Å². The third kappa shape index (κ3) is 4.88. The second-order valence-corrected chi connectivity index (χ2v) is 5.36. The lowest BCUT2D eigenvalue weighted by Crippen LogP contribution is -2.28. The second-order valence-electron chi connectivity index (χ2n) is 4.51. The number of hydrogen-bond donors (Lipinski definition) is 2. The molecule has 0 unspecified atom stereocenters. The van der Waals surface area contributed by atoms with E-state index in [2.05, 4.69) is 21.2 Å². The summed E-state index contributed by atoms with van der Waals surface area (Å²) in [6.45, 7) is 0.897. The first-order valence-corrected chi connectivity index (χ1v) is 7.40. The molecule has 0 bridgehead atoms. The fraction of sp³-hybridized carbons (Fsp3) is 0.188. The highest BCUT2D eigenvalue weighted by atomic mass is 79.9. The van der Waals surface area contributed by atoms with Gasteiger partial charge in [-0.3, -0.25) is 4.79 Å². The minimum absolute atomic E-state index is 0.0154. The van der Waals surface area contributed by atoms with Crippen molar-refractivity contribution in [2.24, 2.45) is 5.73 Å². The molecule has 4 nitrogen and oxygen atoms in total. The average molecular weight is 349 g/mol. The van der Waals surface area contributed by atoms with Crippen molar-refractivity contribution in [2.45, 2.75) is 13.1 Å². The van der Waals surface area contributed by atoms with E-state index in [9.17, 15) is 4.79 Å². The van der Waals surface area contributed by atoms with Gasteiger partial charge < -0.3 is 15.8 Å². The van der Waals surface area contributed by atoms with Gasteiger partial charge in [0.05, 0.1) is 0 Å². The normalized spacial score (nSPS) is 10.2. The van der Waals surface area contributed by atoms with Gasteiger partial charge in [-0.25, -0.2) is 0 Å². The first-order valence-electron chi connectivity index (χ1n) is 6.61. The SMILES string of the molecule is NCc1cc(OCC(=O)NCc2ccccc2)ccc1Br. The van der Waals surface area contributed by atoms with Gasteiger partial charge in [-0.15, -0.1) is 0 Å². The monoisotopic (exact) mass is 348 g/mol. The topological polar surface area (TPSA) is 64.3 Å². The highest BCUT2D eigenvalue weighted by Gasteiger charge is 2.05. The number of carbonyl (C=O) groups excluding carboxylic acids is 1. The van der Waals surface area contributed by atoms with Crippen LogP contribution in [0.2, 0.25) is 0 Å². The maximum absolute atomic E-state index is 11.7. The summed E-state index contributed by atoms with van der Waals surface area (Å²) in [6, 6.07) is 15.2. The maximum Gasteiger partial charge on any atom is 0.258 e. The van der Waals surface area contributed by atoms with Crippen LogP contribution in [0.1, 0.15) is 11.1 Å². The molecule has 0 aromatic heterocycles. The molecule has 2 rings (SSSR count). The Bertz CT molecular complexity index is 602. The zero-order chi connectivity index (χ0) is 15.1. The fourth-order valence-corrected chi connectivity index (χ4v) is 2.20. The van der Waals surface area contributed by atoms with Crippen LogP contribution in [0.5, 0.6) is 5.75 Å². The molecule has 2 aromatic rings. The second kappa shape index (κ2) is 7.81. The summed E-state index contributed by atoms with van der Waals surface area (Å²) in [5, 5.41) is 2.81. The summed E-state index contributed by atoms with van der Waals surface area (Å²) < 4.78 is 6.40. The summed E-state index contributed by atoms with van der Waals surface area (Å²) in [4.78, 5) is 11.7. The van der Waals surface area contributed by atoms with Crippen molar-refractivity contribution in [1.29, 1.82) is 0 Å². The molecule has 0 atom stereocenters. The van der Waals surface area contributed by atoms with E-state index in [-0.39, 0.29) is 12.5 Å². The molecule has 0 radical (unpaired) electrons. The van der Waals surface area contributed by atoms with Crippen LogP contribution < -0.4 is 15.8 Å². The van der Waals surface area contributed by atoms with E-state index in [1.165, 1.54) is 0 Å². The van der Waals surface area contributed by atoms with Gasteiger partial charge in [0, 0.05) is 17.6 Å². The van der Waals surface area contributed by atoms with Crippen LogP contribution >= 0.6 is 15.9 Å². The predicted molar refractivity (Wildman–Crippen MR) is 85.8 cm³/mol. The van der Waals surface area contributed by atoms with Crippen LogP contribution in [0.4, 0.5) is 0 Å². The molecule has 0 spiro atoms. The molecule has 0 aliphatic rings. The molecule has 21 heavy (non-hydrogen) atoms. The third-order valence-corrected chi connectivity index (χ3v) is 3.71. The molecule has 0 heterocycles. The smallest absolute Gasteiger partial charge is 0.258 e. The molecule has 0 saturated carbocycles. The van der Waals surface area contributed by atoms with Crippen LogP contribution in [-0.2, 0) is 17.9 Å². The van der Waals surface area contributed by atoms with Crippen LogP contribution in [-0.4, -0.2) is 12.5 Å². The Morgan fingerprint density at radius 1 is 1.19 bits per heavy atom. The van der Waals surface area contributed by atoms with Gasteiger partial charge in [0.2, 0.25) is 0 Å². The number of benzene rings is 2. The van der Waals surface area contributed by atoms with Crippen molar-refractivity contribution in [1.82, 2.24) is 5.32 Å². The lowest BCUT2D eigenvalue weighted by atomic mass is 10.2. The molecular formula is C16H17BrN2O2. The quantitative estimate of drug-likeness (QED) is 0.843. The molecule has 0 saturated heterocycles. The van der Waals surface area contributed by atoms with Gasteiger partial charge in [0.25, 0.3) is 5.91 Å². The highest BCUT2D eigenvalue weighted by Crippen LogP contribution is 2.22. The molecule has 3 N–H and O–H groups in total. The van der Waals surface area contributed by atoms with Gasteiger partial charge in [-0.2, -0.15) is 0 Å². The van der Waals surface area contributed by atoms with Crippen molar-refractivity contribution >= 4 is 21.8 Å². The summed E-state index contributed by atoms with van der Waals surface area (Å²) in [6.07, 6.45) is 0. The Balaban J connectivity index is 1.81. The lowest BCUT2D eigenvalue weighted by Gasteiger charge is -2.09.